The maximum Gasteiger partial charge on any atom is 0.307 e. The van der Waals surface area contributed by atoms with Crippen LogP contribution in [-0.2, 0) is 14.3 Å². The van der Waals surface area contributed by atoms with E-state index >= 15 is 0 Å². The molecule has 144 valence electrons. The molecule has 1 saturated heterocycles. The third-order valence-electron chi connectivity index (χ3n) is 5.42. The van der Waals surface area contributed by atoms with E-state index in [1.807, 2.05) is 6.07 Å². The monoisotopic (exact) mass is 374 g/mol. The van der Waals surface area contributed by atoms with Gasteiger partial charge in [0.1, 0.15) is 0 Å². The van der Waals surface area contributed by atoms with Gasteiger partial charge in [0.2, 0.25) is 5.91 Å². The number of amides is 1. The van der Waals surface area contributed by atoms with Crippen molar-refractivity contribution in [2.24, 2.45) is 11.8 Å². The maximum atomic E-state index is 12.8. The highest BCUT2D eigenvalue weighted by molar-refractivity contribution is 6.04. The Hall–Kier alpha value is -2.68. The largest absolute Gasteiger partial charge is 0.481 e. The second kappa shape index (κ2) is 7.51. The number of carboxylic acid groups (broad SMARTS) is 1. The molecule has 2 aliphatic rings. The number of aromatic nitrogens is 2. The van der Waals surface area contributed by atoms with Crippen molar-refractivity contribution in [3.05, 3.63) is 12.1 Å². The van der Waals surface area contributed by atoms with E-state index in [4.69, 9.17) is 9.37 Å². The number of aliphatic carboxylic acids is 1. The number of carboxylic acids is 1. The molecule has 9 heteroatoms. The first-order valence-corrected chi connectivity index (χ1v) is 9.27. The van der Waals surface area contributed by atoms with Gasteiger partial charge in [-0.25, -0.2) is 4.63 Å². The zero-order valence-electron chi connectivity index (χ0n) is 14.9. The molecule has 0 spiro atoms. The first-order chi connectivity index (χ1) is 13.1. The smallest absolute Gasteiger partial charge is 0.307 e. The van der Waals surface area contributed by atoms with Crippen molar-refractivity contribution in [3.63, 3.8) is 0 Å². The Morgan fingerprint density at radius 1 is 1.07 bits per heavy atom. The Balaban J connectivity index is 1.58. The number of carbonyl (C=O) groups excluding carboxylic acids is 1. The Morgan fingerprint density at radius 2 is 1.78 bits per heavy atom. The number of carbonyl (C=O) groups is 2. The molecule has 4 rings (SSSR count). The molecule has 2 atom stereocenters. The fourth-order valence-corrected chi connectivity index (χ4v) is 3.98. The summed E-state index contributed by atoms with van der Waals surface area (Å²) >= 11 is 0. The number of fused-ring (bicyclic) bond motifs is 1. The first-order valence-electron chi connectivity index (χ1n) is 9.27. The molecule has 1 aromatic carbocycles. The normalized spacial score (nSPS) is 23.3. The van der Waals surface area contributed by atoms with Crippen molar-refractivity contribution in [1.29, 1.82) is 0 Å². The van der Waals surface area contributed by atoms with E-state index in [9.17, 15) is 14.7 Å². The Bertz CT molecular complexity index is 845. The van der Waals surface area contributed by atoms with Crippen LogP contribution in [0.3, 0.4) is 0 Å². The van der Waals surface area contributed by atoms with Gasteiger partial charge in [-0.1, -0.05) is 12.8 Å². The molecule has 2 aromatic rings. The lowest BCUT2D eigenvalue weighted by molar-refractivity contribution is -0.147. The molecule has 0 bridgehead atoms. The average molecular weight is 374 g/mol. The highest BCUT2D eigenvalue weighted by Gasteiger charge is 2.36. The summed E-state index contributed by atoms with van der Waals surface area (Å²) in [4.78, 5) is 26.4. The number of anilines is 2. The summed E-state index contributed by atoms with van der Waals surface area (Å²) < 4.78 is 10.3. The summed E-state index contributed by atoms with van der Waals surface area (Å²) in [5.74, 6) is -2.38. The van der Waals surface area contributed by atoms with Crippen molar-refractivity contribution in [1.82, 2.24) is 10.3 Å². The SMILES string of the molecule is O=C(O)[C@@H]1CCCC[C@H]1C(=O)Nc1ccc(N2CCOCC2)c2nonc12. The van der Waals surface area contributed by atoms with E-state index in [-0.39, 0.29) is 5.91 Å². The standard InChI is InChI=1S/C18H22N4O5/c23-17(11-3-1-2-4-12(11)18(24)25)19-13-5-6-14(16-15(13)20-27-21-16)22-7-9-26-10-8-22/h5-6,11-12H,1-4,7-10H2,(H,19,23)(H,24,25)/t11-,12-/m1/s1. The van der Waals surface area contributed by atoms with Crippen molar-refractivity contribution in [3.8, 4) is 0 Å². The van der Waals surface area contributed by atoms with Gasteiger partial charge in [0.25, 0.3) is 0 Å². The lowest BCUT2D eigenvalue weighted by Gasteiger charge is -2.29. The van der Waals surface area contributed by atoms with Gasteiger partial charge < -0.3 is 20.1 Å². The van der Waals surface area contributed by atoms with Gasteiger partial charge in [-0.15, -0.1) is 0 Å². The minimum atomic E-state index is -0.911. The molecule has 0 unspecified atom stereocenters. The van der Waals surface area contributed by atoms with E-state index < -0.39 is 17.8 Å². The van der Waals surface area contributed by atoms with Crippen molar-refractivity contribution < 1.29 is 24.1 Å². The molecule has 1 aromatic heterocycles. The summed E-state index contributed by atoms with van der Waals surface area (Å²) in [5, 5.41) is 20.2. The molecule has 2 heterocycles. The zero-order valence-corrected chi connectivity index (χ0v) is 14.9. The van der Waals surface area contributed by atoms with Gasteiger partial charge in [-0.05, 0) is 35.3 Å². The topological polar surface area (TPSA) is 118 Å². The van der Waals surface area contributed by atoms with Gasteiger partial charge in [-0.3, -0.25) is 9.59 Å². The lowest BCUT2D eigenvalue weighted by atomic mass is 9.78. The van der Waals surface area contributed by atoms with Crippen LogP contribution in [0.15, 0.2) is 16.8 Å². The number of hydrogen-bond acceptors (Lipinski definition) is 7. The Labute approximate surface area is 155 Å². The molecule has 0 radical (unpaired) electrons. The number of rotatable bonds is 4. The summed E-state index contributed by atoms with van der Waals surface area (Å²) in [6.07, 6.45) is 2.81. The van der Waals surface area contributed by atoms with E-state index in [1.54, 1.807) is 6.07 Å². The number of nitrogens with one attached hydrogen (secondary N) is 1. The molecule has 9 nitrogen and oxygen atoms in total. The predicted molar refractivity (Wildman–Crippen MR) is 96.5 cm³/mol. The van der Waals surface area contributed by atoms with Crippen LogP contribution < -0.4 is 10.2 Å². The number of benzene rings is 1. The maximum absolute atomic E-state index is 12.8. The zero-order chi connectivity index (χ0) is 18.8. The van der Waals surface area contributed by atoms with E-state index in [0.717, 1.165) is 31.6 Å². The van der Waals surface area contributed by atoms with Gasteiger partial charge >= 0.3 is 5.97 Å². The molecule has 1 amide bonds. The Morgan fingerprint density at radius 3 is 2.52 bits per heavy atom. The summed E-state index contributed by atoms with van der Waals surface area (Å²) in [7, 11) is 0. The van der Waals surface area contributed by atoms with Crippen molar-refractivity contribution in [2.75, 3.05) is 36.5 Å². The molecular weight excluding hydrogens is 352 g/mol. The second-order valence-electron chi connectivity index (χ2n) is 7.02. The van der Waals surface area contributed by atoms with E-state index in [2.05, 4.69) is 20.5 Å². The van der Waals surface area contributed by atoms with Crippen LogP contribution in [0.5, 0.6) is 0 Å². The van der Waals surface area contributed by atoms with Gasteiger partial charge in [0.15, 0.2) is 11.0 Å². The molecule has 1 saturated carbocycles. The van der Waals surface area contributed by atoms with Crippen LogP contribution in [0.2, 0.25) is 0 Å². The fraction of sp³-hybridized carbons (Fsp3) is 0.556. The van der Waals surface area contributed by atoms with Crippen LogP contribution in [0.4, 0.5) is 11.4 Å². The predicted octanol–water partition coefficient (Wildman–Crippen LogP) is 1.89. The second-order valence-corrected chi connectivity index (χ2v) is 7.02. The minimum absolute atomic E-state index is 0.287. The molecule has 2 N–H and O–H groups in total. The summed E-state index contributed by atoms with van der Waals surface area (Å²) in [6.45, 7) is 2.78. The molecule has 2 fully saturated rings. The molecule has 27 heavy (non-hydrogen) atoms. The molecule has 1 aliphatic carbocycles. The quantitative estimate of drug-likeness (QED) is 0.833. The van der Waals surface area contributed by atoms with Crippen LogP contribution >= 0.6 is 0 Å². The third-order valence-corrected chi connectivity index (χ3v) is 5.42. The van der Waals surface area contributed by atoms with Crippen LogP contribution in [0.1, 0.15) is 25.7 Å². The van der Waals surface area contributed by atoms with E-state index in [0.29, 0.717) is 42.8 Å². The lowest BCUT2D eigenvalue weighted by Crippen LogP contribution is -2.36. The summed E-state index contributed by atoms with van der Waals surface area (Å²) in [6, 6.07) is 3.65. The average Bonchev–Trinajstić information content (AvgIpc) is 3.19. The molecular formula is C18H22N4O5. The minimum Gasteiger partial charge on any atom is -0.481 e. The van der Waals surface area contributed by atoms with Gasteiger partial charge in [-0.2, -0.15) is 0 Å². The van der Waals surface area contributed by atoms with Crippen molar-refractivity contribution >= 4 is 34.3 Å². The number of ether oxygens (including phenoxy) is 1. The van der Waals surface area contributed by atoms with Gasteiger partial charge in [0.05, 0.1) is 36.4 Å². The van der Waals surface area contributed by atoms with Crippen LogP contribution in [-0.4, -0.2) is 53.6 Å². The van der Waals surface area contributed by atoms with Crippen molar-refractivity contribution in [2.45, 2.75) is 25.7 Å². The van der Waals surface area contributed by atoms with Crippen LogP contribution in [0, 0.1) is 11.8 Å². The molecule has 1 aliphatic heterocycles. The van der Waals surface area contributed by atoms with Gasteiger partial charge in [0, 0.05) is 13.1 Å². The van der Waals surface area contributed by atoms with E-state index in [1.165, 1.54) is 0 Å². The number of hydrogen-bond donors (Lipinski definition) is 2. The summed E-state index contributed by atoms with van der Waals surface area (Å²) in [5.41, 5.74) is 2.42. The first kappa shape index (κ1) is 17.7. The highest BCUT2D eigenvalue weighted by Crippen LogP contribution is 2.34. The number of morpholine rings is 1. The third kappa shape index (κ3) is 3.46. The fourth-order valence-electron chi connectivity index (χ4n) is 3.98. The van der Waals surface area contributed by atoms with Crippen LogP contribution in [0.25, 0.3) is 11.0 Å². The highest BCUT2D eigenvalue weighted by atomic mass is 16.6. The number of nitrogens with zero attached hydrogens (tertiary/aromatic N) is 3. The Kier molecular flexibility index (Phi) is 4.93.